The minimum atomic E-state index is -0.663. The molecule has 0 radical (unpaired) electrons. The number of rotatable bonds is 7. The molecule has 1 aromatic carbocycles. The molecule has 9 heteroatoms. The van der Waals surface area contributed by atoms with E-state index in [2.05, 4.69) is 10.3 Å². The Morgan fingerprint density at radius 1 is 1.45 bits per heavy atom. The van der Waals surface area contributed by atoms with Crippen LogP contribution < -0.4 is 5.32 Å². The summed E-state index contributed by atoms with van der Waals surface area (Å²) in [5.41, 5.74) is 0.338. The van der Waals surface area contributed by atoms with Gasteiger partial charge in [-0.3, -0.25) is 14.5 Å². The summed E-state index contributed by atoms with van der Waals surface area (Å²) in [6.07, 6.45) is 3.61. The molecule has 0 spiro atoms. The molecule has 1 fully saturated rings. The molecule has 0 aliphatic carbocycles. The zero-order valence-electron chi connectivity index (χ0n) is 16.6. The van der Waals surface area contributed by atoms with Crippen LogP contribution in [0.15, 0.2) is 30.6 Å². The van der Waals surface area contributed by atoms with E-state index in [9.17, 15) is 14.0 Å². The summed E-state index contributed by atoms with van der Waals surface area (Å²) in [7, 11) is 1.72. The molecule has 1 saturated heterocycles. The Morgan fingerprint density at radius 3 is 2.93 bits per heavy atom. The number of nitrogens with one attached hydrogen (secondary N) is 1. The average Bonchev–Trinajstić information content (AvgIpc) is 3.10. The lowest BCUT2D eigenvalue weighted by atomic mass is 10.1. The lowest BCUT2D eigenvalue weighted by Gasteiger charge is -2.35. The third-order valence-corrected chi connectivity index (χ3v) is 5.61. The molecule has 1 atom stereocenters. The third kappa shape index (κ3) is 5.13. The first-order valence-corrected chi connectivity index (χ1v) is 9.91. The van der Waals surface area contributed by atoms with Gasteiger partial charge in [0.1, 0.15) is 11.6 Å². The number of hydrogen-bond donors (Lipinski definition) is 1. The van der Waals surface area contributed by atoms with Gasteiger partial charge in [0.25, 0.3) is 0 Å². The number of nitrogens with zero attached hydrogens (tertiary/aromatic N) is 4. The van der Waals surface area contributed by atoms with Crippen molar-refractivity contribution >= 4 is 23.4 Å². The number of carbonyl (C=O) groups is 2. The number of imidazole rings is 1. The fourth-order valence-corrected chi connectivity index (χ4v) is 3.63. The van der Waals surface area contributed by atoms with E-state index in [1.807, 2.05) is 22.6 Å². The quantitative estimate of drug-likeness (QED) is 0.740. The van der Waals surface area contributed by atoms with Gasteiger partial charge < -0.3 is 14.8 Å². The second-order valence-corrected chi connectivity index (χ2v) is 7.57. The van der Waals surface area contributed by atoms with Crippen molar-refractivity contribution < 1.29 is 14.0 Å². The van der Waals surface area contributed by atoms with Gasteiger partial charge >= 0.3 is 0 Å². The summed E-state index contributed by atoms with van der Waals surface area (Å²) in [5.74, 6) is 0.0946. The molecule has 29 heavy (non-hydrogen) atoms. The van der Waals surface area contributed by atoms with Crippen LogP contribution in [0.1, 0.15) is 17.8 Å². The van der Waals surface area contributed by atoms with Gasteiger partial charge in [-0.25, -0.2) is 9.37 Å². The van der Waals surface area contributed by atoms with E-state index in [4.69, 9.17) is 11.6 Å². The Hall–Kier alpha value is -2.45. The van der Waals surface area contributed by atoms with Crippen LogP contribution in [0.2, 0.25) is 5.02 Å². The van der Waals surface area contributed by atoms with Crippen molar-refractivity contribution in [3.8, 4) is 0 Å². The maximum atomic E-state index is 14.2. The zero-order chi connectivity index (χ0) is 21.0. The molecule has 1 aliphatic rings. The highest BCUT2D eigenvalue weighted by Crippen LogP contribution is 2.23. The van der Waals surface area contributed by atoms with E-state index in [1.54, 1.807) is 30.3 Å². The Balaban J connectivity index is 1.65. The second-order valence-electron chi connectivity index (χ2n) is 7.16. The van der Waals surface area contributed by atoms with Crippen LogP contribution in [0.3, 0.4) is 0 Å². The summed E-state index contributed by atoms with van der Waals surface area (Å²) in [6, 6.07) is 3.85. The number of aryl methyl sites for hydroxylation is 1. The molecule has 1 aliphatic heterocycles. The standard InChI is InChI=1S/C20H25ClFN5O2/c1-14-23-6-8-26(14)11-10-25(2)19(28)12-18-20(29)24-7-9-27(18)13-15-16(21)4-3-5-17(15)22/h3-6,8,18H,7,9-13H2,1-2H3,(H,24,29). The van der Waals surface area contributed by atoms with Gasteiger partial charge in [0, 0.05) is 62.8 Å². The first-order chi connectivity index (χ1) is 13.9. The minimum Gasteiger partial charge on any atom is -0.353 e. The van der Waals surface area contributed by atoms with Crippen LogP contribution in [0.4, 0.5) is 4.39 Å². The predicted octanol–water partition coefficient (Wildman–Crippen LogP) is 1.83. The highest BCUT2D eigenvalue weighted by Gasteiger charge is 2.33. The van der Waals surface area contributed by atoms with Crippen molar-refractivity contribution in [1.29, 1.82) is 0 Å². The monoisotopic (exact) mass is 421 g/mol. The average molecular weight is 422 g/mol. The van der Waals surface area contributed by atoms with Crippen LogP contribution in [0.25, 0.3) is 0 Å². The molecule has 1 aromatic heterocycles. The number of benzene rings is 1. The zero-order valence-corrected chi connectivity index (χ0v) is 17.3. The first kappa shape index (κ1) is 21.3. The molecule has 2 aromatic rings. The lowest BCUT2D eigenvalue weighted by Crippen LogP contribution is -2.56. The smallest absolute Gasteiger partial charge is 0.237 e. The SMILES string of the molecule is Cc1nccn1CCN(C)C(=O)CC1C(=O)NCCN1Cc1c(F)cccc1Cl. The van der Waals surface area contributed by atoms with Gasteiger partial charge in [0.05, 0.1) is 12.5 Å². The topological polar surface area (TPSA) is 70.5 Å². The Bertz CT molecular complexity index is 867. The fourth-order valence-electron chi connectivity index (χ4n) is 3.40. The van der Waals surface area contributed by atoms with E-state index in [0.717, 1.165) is 5.82 Å². The molecule has 7 nitrogen and oxygen atoms in total. The minimum absolute atomic E-state index is 0.0251. The summed E-state index contributed by atoms with van der Waals surface area (Å²) in [6.45, 7) is 4.18. The van der Waals surface area contributed by atoms with Gasteiger partial charge in [-0.2, -0.15) is 0 Å². The van der Waals surface area contributed by atoms with Crippen molar-refractivity contribution in [3.05, 3.63) is 52.8 Å². The van der Waals surface area contributed by atoms with Crippen molar-refractivity contribution in [3.63, 3.8) is 0 Å². The van der Waals surface area contributed by atoms with Crippen LogP contribution in [0, 0.1) is 12.7 Å². The van der Waals surface area contributed by atoms with Crippen LogP contribution in [0.5, 0.6) is 0 Å². The molecule has 0 bridgehead atoms. The number of carbonyl (C=O) groups excluding carboxylic acids is 2. The summed E-state index contributed by atoms with van der Waals surface area (Å²) in [5, 5.41) is 3.11. The van der Waals surface area contributed by atoms with Crippen LogP contribution in [-0.2, 0) is 22.7 Å². The maximum Gasteiger partial charge on any atom is 0.237 e. The van der Waals surface area contributed by atoms with E-state index >= 15 is 0 Å². The largest absolute Gasteiger partial charge is 0.353 e. The maximum absolute atomic E-state index is 14.2. The van der Waals surface area contributed by atoms with Gasteiger partial charge in [-0.15, -0.1) is 0 Å². The van der Waals surface area contributed by atoms with Gasteiger partial charge in [-0.05, 0) is 19.1 Å². The molecule has 1 unspecified atom stereocenters. The Labute approximate surface area is 174 Å². The van der Waals surface area contributed by atoms with E-state index in [0.29, 0.717) is 36.8 Å². The Kier molecular flexibility index (Phi) is 6.87. The Morgan fingerprint density at radius 2 is 2.24 bits per heavy atom. The van der Waals surface area contributed by atoms with Crippen molar-refractivity contribution in [1.82, 2.24) is 24.7 Å². The summed E-state index contributed by atoms with van der Waals surface area (Å²) in [4.78, 5) is 32.8. The molecule has 2 heterocycles. The van der Waals surface area contributed by atoms with Crippen LogP contribution >= 0.6 is 11.6 Å². The normalized spacial score (nSPS) is 17.2. The lowest BCUT2D eigenvalue weighted by molar-refractivity contribution is -0.138. The molecule has 3 rings (SSSR count). The first-order valence-electron chi connectivity index (χ1n) is 9.53. The highest BCUT2D eigenvalue weighted by atomic mass is 35.5. The van der Waals surface area contributed by atoms with E-state index in [1.165, 1.54) is 6.07 Å². The van der Waals surface area contributed by atoms with Crippen molar-refractivity contribution in [2.24, 2.45) is 0 Å². The van der Waals surface area contributed by atoms with Crippen molar-refractivity contribution in [2.45, 2.75) is 32.5 Å². The number of likely N-dealkylation sites (N-methyl/N-ethyl adjacent to an activating group) is 1. The predicted molar refractivity (Wildman–Crippen MR) is 108 cm³/mol. The molecule has 2 amide bonds. The fraction of sp³-hybridized carbons (Fsp3) is 0.450. The number of amides is 2. The number of aromatic nitrogens is 2. The number of hydrogen-bond acceptors (Lipinski definition) is 4. The van der Waals surface area contributed by atoms with E-state index in [-0.39, 0.29) is 24.8 Å². The molecule has 1 N–H and O–H groups in total. The molecular weight excluding hydrogens is 397 g/mol. The van der Waals surface area contributed by atoms with Gasteiger partial charge in [0.2, 0.25) is 11.8 Å². The van der Waals surface area contributed by atoms with E-state index < -0.39 is 11.9 Å². The summed E-state index contributed by atoms with van der Waals surface area (Å²) < 4.78 is 16.2. The van der Waals surface area contributed by atoms with Gasteiger partial charge in [-0.1, -0.05) is 17.7 Å². The third-order valence-electron chi connectivity index (χ3n) is 5.26. The number of piperazine rings is 1. The molecule has 156 valence electrons. The van der Waals surface area contributed by atoms with Gasteiger partial charge in [0.15, 0.2) is 0 Å². The second kappa shape index (κ2) is 9.37. The number of halogens is 2. The molecule has 0 saturated carbocycles. The van der Waals surface area contributed by atoms with Crippen LogP contribution in [-0.4, -0.2) is 63.9 Å². The summed E-state index contributed by atoms with van der Waals surface area (Å²) >= 11 is 6.14. The highest BCUT2D eigenvalue weighted by molar-refractivity contribution is 6.31. The van der Waals surface area contributed by atoms with Crippen molar-refractivity contribution in [2.75, 3.05) is 26.7 Å². The molecular formula is C20H25ClFN5O2.